The molecule has 0 aliphatic rings. The maximum absolute atomic E-state index is 14.4. The fourth-order valence-corrected chi connectivity index (χ4v) is 3.18. The van der Waals surface area contributed by atoms with Crippen LogP contribution in [0.15, 0.2) is 85.1 Å². The SMILES string of the molecule is O=CCc1cnn(-c2ccc(-c3ccccc3)cc2)c1-c1ccccc1F. The maximum atomic E-state index is 14.4. The van der Waals surface area contributed by atoms with Crippen molar-refractivity contribution in [3.8, 4) is 28.1 Å². The highest BCUT2D eigenvalue weighted by atomic mass is 19.1. The Morgan fingerprint density at radius 3 is 2.22 bits per heavy atom. The lowest BCUT2D eigenvalue weighted by Gasteiger charge is -2.11. The Labute approximate surface area is 156 Å². The molecule has 27 heavy (non-hydrogen) atoms. The number of benzene rings is 3. The topological polar surface area (TPSA) is 34.9 Å². The second-order valence-electron chi connectivity index (χ2n) is 6.19. The van der Waals surface area contributed by atoms with Crippen molar-refractivity contribution in [1.82, 2.24) is 9.78 Å². The van der Waals surface area contributed by atoms with E-state index in [0.29, 0.717) is 16.8 Å². The fraction of sp³-hybridized carbons (Fsp3) is 0.0435. The van der Waals surface area contributed by atoms with Gasteiger partial charge < -0.3 is 4.79 Å². The maximum Gasteiger partial charge on any atom is 0.132 e. The van der Waals surface area contributed by atoms with Crippen molar-refractivity contribution in [2.24, 2.45) is 0 Å². The number of nitrogens with zero attached hydrogens (tertiary/aromatic N) is 2. The second-order valence-corrected chi connectivity index (χ2v) is 6.19. The Kier molecular flexibility index (Phi) is 4.62. The van der Waals surface area contributed by atoms with Gasteiger partial charge in [0.15, 0.2) is 0 Å². The van der Waals surface area contributed by atoms with Crippen LogP contribution < -0.4 is 0 Å². The number of carbonyl (C=O) groups excluding carboxylic acids is 1. The molecule has 4 aromatic rings. The van der Waals surface area contributed by atoms with E-state index in [-0.39, 0.29) is 12.2 Å². The molecule has 1 aromatic heterocycles. The quantitative estimate of drug-likeness (QED) is 0.467. The van der Waals surface area contributed by atoms with Gasteiger partial charge in [-0.2, -0.15) is 5.10 Å². The summed E-state index contributed by atoms with van der Waals surface area (Å²) in [5.74, 6) is -0.340. The number of rotatable bonds is 5. The van der Waals surface area contributed by atoms with E-state index in [1.54, 1.807) is 29.1 Å². The number of carbonyl (C=O) groups is 1. The van der Waals surface area contributed by atoms with Gasteiger partial charge in [-0.1, -0.05) is 54.6 Å². The van der Waals surface area contributed by atoms with Gasteiger partial charge in [0.1, 0.15) is 12.1 Å². The van der Waals surface area contributed by atoms with Crippen LogP contribution in [0.3, 0.4) is 0 Å². The van der Waals surface area contributed by atoms with Crippen molar-refractivity contribution in [1.29, 1.82) is 0 Å². The minimum absolute atomic E-state index is 0.186. The molecule has 0 saturated carbocycles. The molecule has 0 unspecified atom stereocenters. The zero-order valence-corrected chi connectivity index (χ0v) is 14.5. The van der Waals surface area contributed by atoms with Crippen LogP contribution in [0, 0.1) is 5.82 Å². The highest BCUT2D eigenvalue weighted by Gasteiger charge is 2.17. The summed E-state index contributed by atoms with van der Waals surface area (Å²) in [5.41, 5.74) is 4.76. The number of hydrogen-bond acceptors (Lipinski definition) is 2. The Morgan fingerprint density at radius 1 is 0.852 bits per heavy atom. The molecular formula is C23H17FN2O. The summed E-state index contributed by atoms with van der Waals surface area (Å²) in [4.78, 5) is 11.1. The Balaban J connectivity index is 1.80. The first kappa shape index (κ1) is 16.9. The van der Waals surface area contributed by atoms with E-state index >= 15 is 0 Å². The molecule has 1 heterocycles. The van der Waals surface area contributed by atoms with Crippen LogP contribution >= 0.6 is 0 Å². The fourth-order valence-electron chi connectivity index (χ4n) is 3.18. The summed E-state index contributed by atoms with van der Waals surface area (Å²) in [5, 5.41) is 4.42. The molecule has 4 heteroatoms. The molecule has 0 aliphatic heterocycles. The van der Waals surface area contributed by atoms with E-state index in [9.17, 15) is 9.18 Å². The Bertz CT molecular complexity index is 1070. The van der Waals surface area contributed by atoms with E-state index in [2.05, 4.69) is 17.2 Å². The third-order valence-corrected chi connectivity index (χ3v) is 4.50. The smallest absolute Gasteiger partial charge is 0.132 e. The molecule has 0 radical (unpaired) electrons. The van der Waals surface area contributed by atoms with Gasteiger partial charge in [0.2, 0.25) is 0 Å². The van der Waals surface area contributed by atoms with Crippen LogP contribution in [0.2, 0.25) is 0 Å². The third-order valence-electron chi connectivity index (χ3n) is 4.50. The van der Waals surface area contributed by atoms with E-state index in [4.69, 9.17) is 0 Å². The summed E-state index contributed by atoms with van der Waals surface area (Å²) in [7, 11) is 0. The highest BCUT2D eigenvalue weighted by molar-refractivity contribution is 5.71. The summed E-state index contributed by atoms with van der Waals surface area (Å²) in [6.45, 7) is 0. The first-order chi connectivity index (χ1) is 13.3. The largest absolute Gasteiger partial charge is 0.303 e. The first-order valence-corrected chi connectivity index (χ1v) is 8.69. The van der Waals surface area contributed by atoms with Gasteiger partial charge in [0.05, 0.1) is 17.6 Å². The van der Waals surface area contributed by atoms with Crippen LogP contribution in [-0.4, -0.2) is 16.1 Å². The predicted molar refractivity (Wildman–Crippen MR) is 104 cm³/mol. The van der Waals surface area contributed by atoms with Crippen molar-refractivity contribution in [2.75, 3.05) is 0 Å². The number of halogens is 1. The van der Waals surface area contributed by atoms with Gasteiger partial charge in [-0.25, -0.2) is 9.07 Å². The lowest BCUT2D eigenvalue weighted by atomic mass is 10.0. The van der Waals surface area contributed by atoms with Crippen LogP contribution in [0.1, 0.15) is 5.56 Å². The van der Waals surface area contributed by atoms with Gasteiger partial charge in [0, 0.05) is 17.5 Å². The molecule has 132 valence electrons. The van der Waals surface area contributed by atoms with Crippen molar-refractivity contribution < 1.29 is 9.18 Å². The Hall–Kier alpha value is -3.53. The number of hydrogen-bond donors (Lipinski definition) is 0. The average Bonchev–Trinajstić information content (AvgIpc) is 3.13. The standard InChI is InChI=1S/C23H17FN2O/c24-22-9-5-4-8-21(22)23-19(14-15-27)16-25-26(23)20-12-10-18(11-13-20)17-6-2-1-3-7-17/h1-13,15-16H,14H2. The molecule has 0 fully saturated rings. The van der Waals surface area contributed by atoms with Gasteiger partial charge in [-0.15, -0.1) is 0 Å². The number of aldehydes is 1. The minimum atomic E-state index is -0.340. The monoisotopic (exact) mass is 356 g/mol. The second kappa shape index (κ2) is 7.38. The summed E-state index contributed by atoms with van der Waals surface area (Å²) in [6, 6.07) is 24.5. The lowest BCUT2D eigenvalue weighted by Crippen LogP contribution is -2.02. The third kappa shape index (κ3) is 3.29. The van der Waals surface area contributed by atoms with Crippen molar-refractivity contribution in [3.05, 3.63) is 96.4 Å². The summed E-state index contributed by atoms with van der Waals surface area (Å²) >= 11 is 0. The van der Waals surface area contributed by atoms with Crippen molar-refractivity contribution in [2.45, 2.75) is 6.42 Å². The van der Waals surface area contributed by atoms with Gasteiger partial charge in [0.25, 0.3) is 0 Å². The molecule has 0 saturated heterocycles. The highest BCUT2D eigenvalue weighted by Crippen LogP contribution is 2.30. The predicted octanol–water partition coefficient (Wildman–Crippen LogP) is 5.09. The van der Waals surface area contributed by atoms with E-state index in [1.165, 1.54) is 6.07 Å². The number of aromatic nitrogens is 2. The van der Waals surface area contributed by atoms with E-state index in [0.717, 1.165) is 23.1 Å². The summed E-state index contributed by atoms with van der Waals surface area (Å²) in [6.07, 6.45) is 2.62. The van der Waals surface area contributed by atoms with Crippen molar-refractivity contribution in [3.63, 3.8) is 0 Å². The average molecular weight is 356 g/mol. The molecular weight excluding hydrogens is 339 g/mol. The van der Waals surface area contributed by atoms with Crippen LogP contribution in [-0.2, 0) is 11.2 Å². The zero-order chi connectivity index (χ0) is 18.6. The molecule has 0 aliphatic carbocycles. The molecule has 0 N–H and O–H groups in total. The minimum Gasteiger partial charge on any atom is -0.303 e. The van der Waals surface area contributed by atoms with Crippen LogP contribution in [0.5, 0.6) is 0 Å². The molecule has 0 spiro atoms. The lowest BCUT2D eigenvalue weighted by molar-refractivity contribution is -0.107. The molecule has 3 aromatic carbocycles. The molecule has 4 rings (SSSR count). The molecule has 0 bridgehead atoms. The normalized spacial score (nSPS) is 10.7. The van der Waals surface area contributed by atoms with Gasteiger partial charge in [-0.05, 0) is 35.4 Å². The van der Waals surface area contributed by atoms with Crippen LogP contribution in [0.25, 0.3) is 28.1 Å². The van der Waals surface area contributed by atoms with Gasteiger partial charge in [-0.3, -0.25) is 0 Å². The first-order valence-electron chi connectivity index (χ1n) is 8.69. The van der Waals surface area contributed by atoms with E-state index < -0.39 is 0 Å². The molecule has 0 atom stereocenters. The van der Waals surface area contributed by atoms with E-state index in [1.807, 2.05) is 42.5 Å². The Morgan fingerprint density at radius 2 is 1.52 bits per heavy atom. The summed E-state index contributed by atoms with van der Waals surface area (Å²) < 4.78 is 16.1. The molecule has 3 nitrogen and oxygen atoms in total. The van der Waals surface area contributed by atoms with Crippen molar-refractivity contribution >= 4 is 6.29 Å². The van der Waals surface area contributed by atoms with Crippen LogP contribution in [0.4, 0.5) is 4.39 Å². The molecule has 0 amide bonds. The zero-order valence-electron chi connectivity index (χ0n) is 14.5. The van der Waals surface area contributed by atoms with Gasteiger partial charge >= 0.3 is 0 Å².